The molecule has 7 nitrogen and oxygen atoms in total. The number of hydrogen-bond donors (Lipinski definition) is 2. The van der Waals surface area contributed by atoms with Crippen molar-refractivity contribution in [3.63, 3.8) is 0 Å². The first-order valence-corrected chi connectivity index (χ1v) is 7.52. The van der Waals surface area contributed by atoms with Crippen molar-refractivity contribution in [1.29, 1.82) is 0 Å². The zero-order valence-corrected chi connectivity index (χ0v) is 13.8. The third-order valence-electron chi connectivity index (χ3n) is 4.51. The first-order chi connectivity index (χ1) is 12.0. The summed E-state index contributed by atoms with van der Waals surface area (Å²) in [5.41, 5.74) is 5.54. The molecule has 1 aliphatic rings. The number of rotatable bonds is 1. The van der Waals surface area contributed by atoms with Gasteiger partial charge in [0.15, 0.2) is 0 Å². The lowest BCUT2D eigenvalue weighted by molar-refractivity contribution is -0.136. The lowest BCUT2D eigenvalue weighted by Gasteiger charge is -2.44. The van der Waals surface area contributed by atoms with E-state index in [-0.39, 0.29) is 33.3 Å². The molecular weight excluding hydrogens is 326 g/mol. The van der Waals surface area contributed by atoms with Gasteiger partial charge >= 0.3 is 0 Å². The number of nitrogen functional groups attached to an aromatic ring is 1. The molecule has 2 amide bonds. The van der Waals surface area contributed by atoms with Gasteiger partial charge in [0.1, 0.15) is 27.6 Å². The number of carbonyl (C=O) groups excluding carboxylic acids is 2. The maximum Gasteiger partial charge on any atom is 0.264 e. The van der Waals surface area contributed by atoms with Gasteiger partial charge in [-0.15, -0.1) is 0 Å². The van der Waals surface area contributed by atoms with E-state index < -0.39 is 34.4 Å². The molecule has 2 atom stereocenters. The highest BCUT2D eigenvalue weighted by atomic mass is 16.2. The molecule has 2 aromatic rings. The van der Waals surface area contributed by atoms with E-state index in [2.05, 4.69) is 4.98 Å². The minimum atomic E-state index is -2.03. The first-order valence-electron chi connectivity index (χ1n) is 7.52. The fourth-order valence-electron chi connectivity index (χ4n) is 3.09. The Hall–Kier alpha value is -2.38. The van der Waals surface area contributed by atoms with Crippen LogP contribution in [0.3, 0.4) is 0 Å². The summed E-state index contributed by atoms with van der Waals surface area (Å²) in [6.07, 6.45) is 0. The Morgan fingerprint density at radius 3 is 2.46 bits per heavy atom. The lowest BCUT2D eigenvalue weighted by atomic mass is 9.39. The van der Waals surface area contributed by atoms with Crippen molar-refractivity contribution < 1.29 is 9.59 Å². The van der Waals surface area contributed by atoms with E-state index in [9.17, 15) is 14.4 Å². The van der Waals surface area contributed by atoms with Gasteiger partial charge in [-0.1, -0.05) is 16.1 Å². The number of nitrogens with one attached hydrogen (secondary N) is 1. The summed E-state index contributed by atoms with van der Waals surface area (Å²) in [7, 11) is 29.3. The van der Waals surface area contributed by atoms with E-state index in [0.717, 1.165) is 4.57 Å². The molecule has 0 bridgehead atoms. The highest BCUT2D eigenvalue weighted by Crippen LogP contribution is 2.45. The van der Waals surface area contributed by atoms with Crippen LogP contribution in [0, 0.1) is 6.92 Å². The quantitative estimate of drug-likeness (QED) is 0.319. The zero-order chi connectivity index (χ0) is 19.5. The van der Waals surface area contributed by atoms with Crippen LogP contribution in [0.1, 0.15) is 11.9 Å². The predicted molar refractivity (Wildman–Crippen MR) is 102 cm³/mol. The van der Waals surface area contributed by atoms with E-state index in [1.807, 2.05) is 5.32 Å². The van der Waals surface area contributed by atoms with Crippen LogP contribution < -0.4 is 27.5 Å². The number of amides is 2. The molecular formula is C14H9B5N4O3. The zero-order valence-electron chi connectivity index (χ0n) is 13.8. The lowest BCUT2D eigenvalue weighted by Crippen LogP contribution is -2.55. The monoisotopic (exact) mass is 336 g/mol. The van der Waals surface area contributed by atoms with Crippen LogP contribution in [-0.4, -0.2) is 60.6 Å². The fourth-order valence-corrected chi connectivity index (χ4v) is 3.09. The fraction of sp³-hybridized carbons (Fsp3) is 0.286. The Balaban J connectivity index is 2.38. The SMILES string of the molecule is [B]c1cc(N)c2c(=O)n(C3C(=O)NC(=O)C([B])C3([B])[B])c(C)nc2c1[B]. The molecule has 12 heteroatoms. The Bertz CT molecular complexity index is 1040. The van der Waals surface area contributed by atoms with Crippen LogP contribution in [0.15, 0.2) is 10.9 Å². The van der Waals surface area contributed by atoms with Gasteiger partial charge in [-0.25, -0.2) is 4.98 Å². The highest BCUT2D eigenvalue weighted by Gasteiger charge is 2.48. The van der Waals surface area contributed by atoms with Crippen LogP contribution in [0.4, 0.5) is 5.69 Å². The largest absolute Gasteiger partial charge is 0.398 e. The average molecular weight is 335 g/mol. The van der Waals surface area contributed by atoms with E-state index in [0.29, 0.717) is 0 Å². The predicted octanol–water partition coefficient (Wildman–Crippen LogP) is -3.52. The van der Waals surface area contributed by atoms with Gasteiger partial charge in [-0.2, -0.15) is 0 Å². The Morgan fingerprint density at radius 1 is 1.23 bits per heavy atom. The van der Waals surface area contributed by atoms with Crippen molar-refractivity contribution in [3.8, 4) is 0 Å². The molecule has 10 radical (unpaired) electrons. The molecule has 1 saturated heterocycles. The number of hydrogen-bond acceptors (Lipinski definition) is 5. The molecule has 0 spiro atoms. The summed E-state index contributed by atoms with van der Waals surface area (Å²) in [6.45, 7) is 1.45. The van der Waals surface area contributed by atoms with Crippen molar-refractivity contribution in [2.24, 2.45) is 0 Å². The minimum Gasteiger partial charge on any atom is -0.398 e. The summed E-state index contributed by atoms with van der Waals surface area (Å²) in [5.74, 6) is -3.08. The Labute approximate surface area is 155 Å². The Morgan fingerprint density at radius 2 is 1.85 bits per heavy atom. The number of benzene rings is 1. The van der Waals surface area contributed by atoms with Gasteiger partial charge in [-0.3, -0.25) is 24.3 Å². The topological polar surface area (TPSA) is 107 Å². The van der Waals surface area contributed by atoms with Crippen LogP contribution >= 0.6 is 0 Å². The van der Waals surface area contributed by atoms with Gasteiger partial charge < -0.3 is 5.73 Å². The van der Waals surface area contributed by atoms with Crippen molar-refractivity contribution >= 4 is 78.6 Å². The molecule has 1 fully saturated rings. The van der Waals surface area contributed by atoms with Crippen LogP contribution in [-0.2, 0) is 9.59 Å². The molecule has 118 valence electrons. The van der Waals surface area contributed by atoms with Crippen LogP contribution in [0.2, 0.25) is 11.0 Å². The summed E-state index contributed by atoms with van der Waals surface area (Å²) in [6, 6.07) is -0.174. The van der Waals surface area contributed by atoms with Gasteiger partial charge in [0.05, 0.1) is 34.4 Å². The van der Waals surface area contributed by atoms with Crippen molar-refractivity contribution in [3.05, 3.63) is 22.2 Å². The van der Waals surface area contributed by atoms with Crippen molar-refractivity contribution in [2.45, 2.75) is 24.0 Å². The number of nitrogens with two attached hydrogens (primary N) is 1. The molecule has 0 saturated carbocycles. The summed E-state index contributed by atoms with van der Waals surface area (Å²) < 4.78 is 0.954. The molecule has 26 heavy (non-hydrogen) atoms. The van der Waals surface area contributed by atoms with Crippen molar-refractivity contribution in [1.82, 2.24) is 14.9 Å². The summed E-state index contributed by atoms with van der Waals surface area (Å²) in [4.78, 5) is 41.5. The third kappa shape index (κ3) is 2.42. The van der Waals surface area contributed by atoms with Crippen LogP contribution in [0.5, 0.6) is 0 Å². The van der Waals surface area contributed by atoms with Crippen LogP contribution in [0.25, 0.3) is 10.9 Å². The normalized spacial score (nSPS) is 22.3. The number of imide groups is 1. The number of carbonyl (C=O) groups is 2. The molecule has 3 rings (SSSR count). The van der Waals surface area contributed by atoms with E-state index >= 15 is 0 Å². The second-order valence-corrected chi connectivity index (χ2v) is 6.26. The number of piperidine rings is 1. The molecule has 1 aromatic heterocycles. The molecule has 2 heterocycles. The first kappa shape index (κ1) is 18.4. The highest BCUT2D eigenvalue weighted by molar-refractivity contribution is 6.53. The summed E-state index contributed by atoms with van der Waals surface area (Å²) >= 11 is 0. The smallest absolute Gasteiger partial charge is 0.264 e. The minimum absolute atomic E-state index is 0.0224. The molecule has 3 N–H and O–H groups in total. The Kier molecular flexibility index (Phi) is 4.12. The number of fused-ring (bicyclic) bond motifs is 1. The van der Waals surface area contributed by atoms with Gasteiger partial charge in [0, 0.05) is 5.69 Å². The van der Waals surface area contributed by atoms with Gasteiger partial charge in [0.25, 0.3) is 5.56 Å². The van der Waals surface area contributed by atoms with E-state index in [1.165, 1.54) is 13.0 Å². The van der Waals surface area contributed by atoms with E-state index in [4.69, 9.17) is 45.0 Å². The van der Waals surface area contributed by atoms with E-state index in [1.54, 1.807) is 0 Å². The maximum atomic E-state index is 13.1. The molecule has 2 unspecified atom stereocenters. The average Bonchev–Trinajstić information content (AvgIpc) is 2.53. The number of nitrogens with zero attached hydrogens (tertiary/aromatic N) is 2. The van der Waals surface area contributed by atoms with Gasteiger partial charge in [0.2, 0.25) is 11.8 Å². The van der Waals surface area contributed by atoms with Crippen molar-refractivity contribution in [2.75, 3.05) is 5.73 Å². The summed E-state index contributed by atoms with van der Waals surface area (Å²) in [5, 5.41) is -0.0308. The number of aromatic nitrogens is 2. The third-order valence-corrected chi connectivity index (χ3v) is 4.51. The second-order valence-electron chi connectivity index (χ2n) is 6.26. The number of anilines is 1. The molecule has 1 aliphatic heterocycles. The molecule has 1 aromatic carbocycles. The van der Waals surface area contributed by atoms with Gasteiger partial charge in [-0.05, 0) is 18.8 Å². The second kappa shape index (κ2) is 5.82. The maximum absolute atomic E-state index is 13.1. The number of aryl methyl sites for hydroxylation is 1. The standard InChI is InChI=1S/C14H9B5N4O3/c1-3-21-8-6(5(20)2-4(15)7(8)16)13(26)23(3)10-12(25)22-11(24)9(17)14(10,18)19/h2,9-10H,20H2,1H3,(H,22,24,25). The molecule has 0 aliphatic carbocycles.